The summed E-state index contributed by atoms with van der Waals surface area (Å²) in [5, 5.41) is 0. The first-order valence-electron chi connectivity index (χ1n) is 17.0. The van der Waals surface area contributed by atoms with E-state index < -0.39 is 0 Å². The molecular weight excluding hydrogens is 608 g/mol. The normalized spacial score (nSPS) is 17.0. The Morgan fingerprint density at radius 3 is 0.958 bits per heavy atom. The van der Waals surface area contributed by atoms with Gasteiger partial charge in [0, 0.05) is 74.9 Å². The second-order valence-corrected chi connectivity index (χ2v) is 11.4. The summed E-state index contributed by atoms with van der Waals surface area (Å²) in [6.45, 7) is 6.79. The van der Waals surface area contributed by atoms with Crippen molar-refractivity contribution in [1.29, 1.82) is 0 Å². The SMILES string of the molecule is c1ccc2c(c1)COCCCOCCCOCCCOCCCOc1ccccc1COc1ccccc1COc1ccccc1CO2. The molecule has 1 aliphatic rings. The fourth-order valence-corrected chi connectivity index (χ4v) is 5.14. The fraction of sp³-hybridized carbons (Fsp3) is 0.400. The monoisotopic (exact) mass is 656 g/mol. The van der Waals surface area contributed by atoms with E-state index in [4.69, 9.17) is 37.9 Å². The van der Waals surface area contributed by atoms with Gasteiger partial charge in [0.25, 0.3) is 0 Å². The predicted molar refractivity (Wildman–Crippen MR) is 185 cm³/mol. The summed E-state index contributed by atoms with van der Waals surface area (Å²) in [5.74, 6) is 3.15. The molecule has 0 N–H and O–H groups in total. The Balaban J connectivity index is 1.22. The van der Waals surface area contributed by atoms with E-state index in [1.54, 1.807) is 0 Å². The van der Waals surface area contributed by atoms with E-state index in [0.717, 1.165) is 70.9 Å². The summed E-state index contributed by atoms with van der Waals surface area (Å²) in [7, 11) is 0. The van der Waals surface area contributed by atoms with Gasteiger partial charge in [0.15, 0.2) is 0 Å². The summed E-state index contributed by atoms with van der Waals surface area (Å²) in [4.78, 5) is 0. The standard InChI is InChI=1S/C40H48O8/c1-6-18-38-33(13-1)29-44-27-11-25-42-23-9-21-41-22-10-24-43-26-12-28-45-37-17-5-2-14-34(37)30-47-39-19-7-4-16-36(39)32-48-40-20-8-3-15-35(40)31-46-38/h1-8,13-20H,9-12,21-32H2. The largest absolute Gasteiger partial charge is 0.493 e. The molecule has 4 aromatic carbocycles. The molecule has 48 heavy (non-hydrogen) atoms. The van der Waals surface area contributed by atoms with E-state index in [1.807, 2.05) is 97.1 Å². The Bertz CT molecular complexity index is 1360. The average molecular weight is 657 g/mol. The minimum absolute atomic E-state index is 0.353. The molecule has 5 rings (SSSR count). The molecule has 0 amide bonds. The van der Waals surface area contributed by atoms with Gasteiger partial charge in [0.05, 0.1) is 13.2 Å². The highest BCUT2D eigenvalue weighted by molar-refractivity contribution is 5.38. The molecule has 0 bridgehead atoms. The lowest BCUT2D eigenvalue weighted by molar-refractivity contribution is 0.0506. The maximum atomic E-state index is 6.34. The summed E-state index contributed by atoms with van der Waals surface area (Å²) < 4.78 is 48.2. The molecule has 0 spiro atoms. The van der Waals surface area contributed by atoms with Gasteiger partial charge in [-0.2, -0.15) is 0 Å². The molecule has 1 aliphatic heterocycles. The van der Waals surface area contributed by atoms with Gasteiger partial charge < -0.3 is 37.9 Å². The van der Waals surface area contributed by atoms with Crippen LogP contribution in [-0.4, -0.2) is 52.9 Å². The van der Waals surface area contributed by atoms with Crippen molar-refractivity contribution in [3.8, 4) is 23.0 Å². The Morgan fingerprint density at radius 1 is 0.271 bits per heavy atom. The van der Waals surface area contributed by atoms with Crippen molar-refractivity contribution >= 4 is 0 Å². The van der Waals surface area contributed by atoms with Gasteiger partial charge in [0.2, 0.25) is 0 Å². The third-order valence-electron chi connectivity index (χ3n) is 7.72. The lowest BCUT2D eigenvalue weighted by atomic mass is 10.2. The van der Waals surface area contributed by atoms with Crippen LogP contribution in [0.1, 0.15) is 47.9 Å². The first kappa shape index (κ1) is 35.2. The van der Waals surface area contributed by atoms with Gasteiger partial charge in [-0.05, 0) is 43.5 Å². The number of benzene rings is 4. The molecule has 8 heteroatoms. The lowest BCUT2D eigenvalue weighted by Gasteiger charge is -2.17. The van der Waals surface area contributed by atoms with Crippen LogP contribution in [0.2, 0.25) is 0 Å². The van der Waals surface area contributed by atoms with Crippen molar-refractivity contribution in [3.63, 3.8) is 0 Å². The maximum absolute atomic E-state index is 6.34. The van der Waals surface area contributed by atoms with Crippen LogP contribution in [0.4, 0.5) is 0 Å². The van der Waals surface area contributed by atoms with E-state index in [1.165, 1.54) is 0 Å². The molecule has 0 fully saturated rings. The van der Waals surface area contributed by atoms with E-state index in [9.17, 15) is 0 Å². The van der Waals surface area contributed by atoms with Gasteiger partial charge in [-0.3, -0.25) is 0 Å². The van der Waals surface area contributed by atoms with Crippen LogP contribution in [0, 0.1) is 0 Å². The fourth-order valence-electron chi connectivity index (χ4n) is 5.14. The Morgan fingerprint density at radius 2 is 0.562 bits per heavy atom. The van der Waals surface area contributed by atoms with Crippen LogP contribution >= 0.6 is 0 Å². The molecule has 0 aliphatic carbocycles. The molecular formula is C40H48O8. The van der Waals surface area contributed by atoms with Gasteiger partial charge in [-0.15, -0.1) is 0 Å². The first-order valence-corrected chi connectivity index (χ1v) is 17.0. The van der Waals surface area contributed by atoms with Crippen molar-refractivity contribution in [3.05, 3.63) is 119 Å². The Hall–Kier alpha value is -4.08. The Kier molecular flexibility index (Phi) is 15.4. The summed E-state index contributed by atoms with van der Waals surface area (Å²) >= 11 is 0. The number of fused-ring (bicyclic) bond motifs is 4. The van der Waals surface area contributed by atoms with Crippen LogP contribution in [0.15, 0.2) is 97.1 Å². The zero-order valence-electron chi connectivity index (χ0n) is 27.8. The number of para-hydroxylation sites is 4. The molecule has 256 valence electrons. The van der Waals surface area contributed by atoms with Gasteiger partial charge in [-0.25, -0.2) is 0 Å². The zero-order chi connectivity index (χ0) is 32.9. The van der Waals surface area contributed by atoms with Crippen LogP contribution in [-0.2, 0) is 45.4 Å². The van der Waals surface area contributed by atoms with Crippen LogP contribution < -0.4 is 18.9 Å². The third-order valence-corrected chi connectivity index (χ3v) is 7.72. The van der Waals surface area contributed by atoms with Crippen molar-refractivity contribution in [2.24, 2.45) is 0 Å². The zero-order valence-corrected chi connectivity index (χ0v) is 27.8. The third kappa shape index (κ3) is 12.2. The number of ether oxygens (including phenoxy) is 8. The van der Waals surface area contributed by atoms with Crippen LogP contribution in [0.5, 0.6) is 23.0 Å². The van der Waals surface area contributed by atoms with Gasteiger partial charge in [0.1, 0.15) is 42.8 Å². The molecule has 0 aromatic heterocycles. The minimum atomic E-state index is 0.353. The summed E-state index contributed by atoms with van der Waals surface area (Å²) in [6.07, 6.45) is 3.37. The first-order chi connectivity index (χ1) is 23.9. The maximum Gasteiger partial charge on any atom is 0.126 e. The van der Waals surface area contributed by atoms with E-state index >= 15 is 0 Å². The highest BCUT2D eigenvalue weighted by Gasteiger charge is 2.11. The molecule has 0 radical (unpaired) electrons. The molecule has 1 heterocycles. The predicted octanol–water partition coefficient (Wildman–Crippen LogP) is 7.94. The number of rotatable bonds is 0. The number of hydrogen-bond acceptors (Lipinski definition) is 8. The molecule has 4 aromatic rings. The van der Waals surface area contributed by atoms with Crippen molar-refractivity contribution in [2.75, 3.05) is 52.9 Å². The van der Waals surface area contributed by atoms with Crippen molar-refractivity contribution in [2.45, 2.75) is 52.1 Å². The van der Waals surface area contributed by atoms with E-state index in [2.05, 4.69) is 0 Å². The quantitative estimate of drug-likeness (QED) is 0.189. The van der Waals surface area contributed by atoms with Crippen molar-refractivity contribution in [1.82, 2.24) is 0 Å². The molecule has 0 saturated carbocycles. The van der Waals surface area contributed by atoms with E-state index in [-0.39, 0.29) is 0 Å². The lowest BCUT2D eigenvalue weighted by Crippen LogP contribution is -2.08. The van der Waals surface area contributed by atoms with Crippen LogP contribution in [0.3, 0.4) is 0 Å². The number of hydrogen-bond donors (Lipinski definition) is 0. The van der Waals surface area contributed by atoms with Gasteiger partial charge in [-0.1, -0.05) is 72.8 Å². The van der Waals surface area contributed by atoms with E-state index in [0.29, 0.717) is 79.3 Å². The van der Waals surface area contributed by atoms with Gasteiger partial charge >= 0.3 is 0 Å². The van der Waals surface area contributed by atoms with Crippen molar-refractivity contribution < 1.29 is 37.9 Å². The average Bonchev–Trinajstić information content (AvgIpc) is 3.13. The molecule has 8 nitrogen and oxygen atoms in total. The second kappa shape index (κ2) is 21.0. The molecule has 0 atom stereocenters. The Labute approximate surface area is 284 Å². The highest BCUT2D eigenvalue weighted by Crippen LogP contribution is 2.27. The topological polar surface area (TPSA) is 73.8 Å². The molecule has 0 saturated heterocycles. The molecule has 0 unspecified atom stereocenters. The summed E-state index contributed by atoms with van der Waals surface area (Å²) in [6, 6.07) is 31.9. The highest BCUT2D eigenvalue weighted by atomic mass is 16.5. The van der Waals surface area contributed by atoms with Crippen LogP contribution in [0.25, 0.3) is 0 Å². The summed E-state index contributed by atoms with van der Waals surface area (Å²) in [5.41, 5.74) is 3.89. The minimum Gasteiger partial charge on any atom is -0.493 e. The smallest absolute Gasteiger partial charge is 0.126 e. The second-order valence-electron chi connectivity index (χ2n) is 11.4.